The molecule has 4 nitrogen and oxygen atoms in total. The molecule has 0 aliphatic heterocycles. The van der Waals surface area contributed by atoms with Crippen LogP contribution in [0.3, 0.4) is 0 Å². The lowest BCUT2D eigenvalue weighted by Gasteiger charge is -1.91. The number of aromatic amines is 1. The molecule has 0 aliphatic rings. The van der Waals surface area contributed by atoms with Crippen LogP contribution in [-0.4, -0.2) is 21.0 Å². The van der Waals surface area contributed by atoms with Crippen molar-refractivity contribution in [3.05, 3.63) is 17.2 Å². The number of nitrogens with zero attached hydrogens (tertiary/aromatic N) is 1. The molecule has 0 unspecified atom stereocenters. The Morgan fingerprint density at radius 1 is 1.69 bits per heavy atom. The smallest absolute Gasteiger partial charge is 0.311 e. The predicted molar refractivity (Wildman–Crippen MR) is 39.6 cm³/mol. The van der Waals surface area contributed by atoms with Crippen molar-refractivity contribution < 1.29 is 18.7 Å². The van der Waals surface area contributed by atoms with Gasteiger partial charge in [0.25, 0.3) is 6.43 Å². The minimum Gasteiger partial charge on any atom is -0.481 e. The first-order valence-corrected chi connectivity index (χ1v) is 3.56. The van der Waals surface area contributed by atoms with Crippen LogP contribution in [0, 0.1) is 6.92 Å². The van der Waals surface area contributed by atoms with E-state index in [9.17, 15) is 13.6 Å². The third-order valence-electron chi connectivity index (χ3n) is 1.50. The number of imidazole rings is 1. The summed E-state index contributed by atoms with van der Waals surface area (Å²) >= 11 is 0. The van der Waals surface area contributed by atoms with Crippen LogP contribution in [0.25, 0.3) is 0 Å². The van der Waals surface area contributed by atoms with Gasteiger partial charge >= 0.3 is 5.97 Å². The van der Waals surface area contributed by atoms with Gasteiger partial charge in [0.15, 0.2) is 0 Å². The summed E-state index contributed by atoms with van der Waals surface area (Å²) in [4.78, 5) is 16.2. The first-order valence-electron chi connectivity index (χ1n) is 3.56. The standard InChI is InChI=1S/C7H8F2N2O2/c1-3-6(7(8)9)11-4(10-3)2-5(12)13/h7H,2H2,1H3,(H,10,11)(H,12,13). The van der Waals surface area contributed by atoms with E-state index in [2.05, 4.69) is 9.97 Å². The number of rotatable bonds is 3. The Morgan fingerprint density at radius 3 is 2.69 bits per heavy atom. The van der Waals surface area contributed by atoms with E-state index < -0.39 is 12.4 Å². The molecule has 1 heterocycles. The minimum absolute atomic E-state index is 0.0558. The predicted octanol–water partition coefficient (Wildman–Crippen LogP) is 1.28. The SMILES string of the molecule is Cc1[nH]c(CC(=O)O)nc1C(F)F. The van der Waals surface area contributed by atoms with E-state index in [0.717, 1.165) is 0 Å². The number of carbonyl (C=O) groups is 1. The molecular weight excluding hydrogens is 182 g/mol. The van der Waals surface area contributed by atoms with Crippen molar-refractivity contribution in [2.24, 2.45) is 0 Å². The number of aliphatic carboxylic acids is 1. The normalized spacial score (nSPS) is 10.8. The van der Waals surface area contributed by atoms with Crippen LogP contribution in [0.5, 0.6) is 0 Å². The number of alkyl halides is 2. The van der Waals surface area contributed by atoms with Crippen molar-refractivity contribution >= 4 is 5.97 Å². The Balaban J connectivity index is 2.88. The van der Waals surface area contributed by atoms with Gasteiger partial charge in [-0.1, -0.05) is 0 Å². The van der Waals surface area contributed by atoms with E-state index in [1.807, 2.05) is 0 Å². The van der Waals surface area contributed by atoms with Crippen molar-refractivity contribution in [3.63, 3.8) is 0 Å². The molecule has 6 heteroatoms. The van der Waals surface area contributed by atoms with Gasteiger partial charge in [0.05, 0.1) is 0 Å². The number of H-pyrrole nitrogens is 1. The highest BCUT2D eigenvalue weighted by Gasteiger charge is 2.16. The highest BCUT2D eigenvalue weighted by Crippen LogP contribution is 2.19. The Labute approximate surface area is 72.6 Å². The maximum absolute atomic E-state index is 12.1. The zero-order valence-electron chi connectivity index (χ0n) is 6.84. The topological polar surface area (TPSA) is 66.0 Å². The second-order valence-corrected chi connectivity index (χ2v) is 2.56. The zero-order chi connectivity index (χ0) is 10.0. The molecule has 0 amide bonds. The molecule has 1 aromatic rings. The van der Waals surface area contributed by atoms with Crippen LogP contribution in [-0.2, 0) is 11.2 Å². The Morgan fingerprint density at radius 2 is 2.31 bits per heavy atom. The van der Waals surface area contributed by atoms with Crippen LogP contribution in [0.15, 0.2) is 0 Å². The Kier molecular flexibility index (Phi) is 2.60. The average molecular weight is 190 g/mol. The molecule has 0 saturated carbocycles. The van der Waals surface area contributed by atoms with Gasteiger partial charge in [-0.2, -0.15) is 0 Å². The van der Waals surface area contributed by atoms with Crippen molar-refractivity contribution in [3.8, 4) is 0 Å². The second-order valence-electron chi connectivity index (χ2n) is 2.56. The van der Waals surface area contributed by atoms with Gasteiger partial charge in [-0.25, -0.2) is 13.8 Å². The highest BCUT2D eigenvalue weighted by molar-refractivity contribution is 5.69. The number of hydrogen-bond acceptors (Lipinski definition) is 2. The molecule has 0 aromatic carbocycles. The van der Waals surface area contributed by atoms with Crippen LogP contribution >= 0.6 is 0 Å². The third kappa shape index (κ3) is 2.24. The molecule has 0 radical (unpaired) electrons. The summed E-state index contributed by atoms with van der Waals surface area (Å²) in [7, 11) is 0. The van der Waals surface area contributed by atoms with Gasteiger partial charge in [0.1, 0.15) is 17.9 Å². The van der Waals surface area contributed by atoms with Gasteiger partial charge in [0.2, 0.25) is 0 Å². The summed E-state index contributed by atoms with van der Waals surface area (Å²) in [5.41, 5.74) is -0.164. The molecule has 0 fully saturated rings. The van der Waals surface area contributed by atoms with Gasteiger partial charge < -0.3 is 10.1 Å². The Bertz CT molecular complexity index is 322. The lowest BCUT2D eigenvalue weighted by molar-refractivity contribution is -0.136. The van der Waals surface area contributed by atoms with Crippen LogP contribution in [0.4, 0.5) is 8.78 Å². The van der Waals surface area contributed by atoms with Crippen molar-refractivity contribution in [2.75, 3.05) is 0 Å². The molecule has 0 spiro atoms. The molecular formula is C7H8F2N2O2. The summed E-state index contributed by atoms with van der Waals surface area (Å²) in [5.74, 6) is -1.05. The maximum atomic E-state index is 12.1. The lowest BCUT2D eigenvalue weighted by Crippen LogP contribution is -2.01. The lowest BCUT2D eigenvalue weighted by atomic mass is 10.4. The maximum Gasteiger partial charge on any atom is 0.311 e. The van der Waals surface area contributed by atoms with E-state index in [1.54, 1.807) is 0 Å². The fourth-order valence-electron chi connectivity index (χ4n) is 0.977. The zero-order valence-corrected chi connectivity index (χ0v) is 6.84. The third-order valence-corrected chi connectivity index (χ3v) is 1.50. The summed E-state index contributed by atoms with van der Waals surface area (Å²) in [6.07, 6.45) is -3.04. The van der Waals surface area contributed by atoms with Gasteiger partial charge in [0, 0.05) is 5.69 Å². The molecule has 1 aromatic heterocycles. The molecule has 1 rings (SSSR count). The van der Waals surface area contributed by atoms with E-state index in [1.165, 1.54) is 6.92 Å². The molecule has 72 valence electrons. The average Bonchev–Trinajstić information content (AvgIpc) is 2.29. The molecule has 0 aliphatic carbocycles. The monoisotopic (exact) mass is 190 g/mol. The first kappa shape index (κ1) is 9.63. The van der Waals surface area contributed by atoms with E-state index in [0.29, 0.717) is 0 Å². The highest BCUT2D eigenvalue weighted by atomic mass is 19.3. The number of carboxylic acid groups (broad SMARTS) is 1. The molecule has 0 atom stereocenters. The number of aromatic nitrogens is 2. The van der Waals surface area contributed by atoms with Gasteiger partial charge in [-0.3, -0.25) is 4.79 Å². The molecule has 13 heavy (non-hydrogen) atoms. The van der Waals surface area contributed by atoms with Crippen molar-refractivity contribution in [1.82, 2.24) is 9.97 Å². The summed E-state index contributed by atoms with van der Waals surface area (Å²) in [6, 6.07) is 0. The molecule has 0 bridgehead atoms. The van der Waals surface area contributed by atoms with Crippen LogP contribution in [0.2, 0.25) is 0 Å². The molecule has 0 saturated heterocycles. The summed E-state index contributed by atoms with van der Waals surface area (Å²) in [6.45, 7) is 1.43. The minimum atomic E-state index is -2.67. The van der Waals surface area contributed by atoms with Crippen LogP contribution < -0.4 is 0 Å². The number of halogens is 2. The fraction of sp³-hybridized carbons (Fsp3) is 0.429. The van der Waals surface area contributed by atoms with Crippen LogP contribution in [0.1, 0.15) is 23.6 Å². The number of nitrogens with one attached hydrogen (secondary N) is 1. The first-order chi connectivity index (χ1) is 6.00. The van der Waals surface area contributed by atoms with Crippen molar-refractivity contribution in [2.45, 2.75) is 19.8 Å². The molecule has 2 N–H and O–H groups in total. The second kappa shape index (κ2) is 3.51. The van der Waals surface area contributed by atoms with E-state index in [4.69, 9.17) is 5.11 Å². The van der Waals surface area contributed by atoms with Gasteiger partial charge in [-0.05, 0) is 6.92 Å². The quantitative estimate of drug-likeness (QED) is 0.754. The summed E-state index contributed by atoms with van der Waals surface area (Å²) in [5, 5.41) is 8.36. The Hall–Kier alpha value is -1.46. The van der Waals surface area contributed by atoms with E-state index in [-0.39, 0.29) is 23.6 Å². The summed E-state index contributed by atoms with van der Waals surface area (Å²) < 4.78 is 24.3. The fourth-order valence-corrected chi connectivity index (χ4v) is 0.977. The number of aryl methyl sites for hydroxylation is 1. The van der Waals surface area contributed by atoms with Crippen molar-refractivity contribution in [1.29, 1.82) is 0 Å². The van der Waals surface area contributed by atoms with E-state index >= 15 is 0 Å². The number of hydrogen-bond donors (Lipinski definition) is 2. The van der Waals surface area contributed by atoms with Gasteiger partial charge in [-0.15, -0.1) is 0 Å². The number of carboxylic acids is 1. The largest absolute Gasteiger partial charge is 0.481 e.